The van der Waals surface area contributed by atoms with Gasteiger partial charge in [-0.3, -0.25) is 5.10 Å². The van der Waals surface area contributed by atoms with Gasteiger partial charge in [0.1, 0.15) is 5.82 Å². The van der Waals surface area contributed by atoms with Crippen LogP contribution in [-0.4, -0.2) is 46.3 Å². The van der Waals surface area contributed by atoms with E-state index in [2.05, 4.69) is 49.7 Å². The summed E-state index contributed by atoms with van der Waals surface area (Å²) in [5.74, 6) is 0.929. The lowest BCUT2D eigenvalue weighted by atomic mass is 10.1. The zero-order valence-electron chi connectivity index (χ0n) is 14.7. The lowest BCUT2D eigenvalue weighted by Gasteiger charge is -2.26. The number of fused-ring (bicyclic) bond motifs is 1. The van der Waals surface area contributed by atoms with Crippen LogP contribution in [0.3, 0.4) is 0 Å². The first-order valence-corrected chi connectivity index (χ1v) is 9.48. The molecule has 1 fully saturated rings. The average molecular weight is 337 g/mol. The molecule has 3 N–H and O–H groups in total. The van der Waals surface area contributed by atoms with Gasteiger partial charge in [0.25, 0.3) is 0 Å². The molecule has 132 valence electrons. The number of likely N-dealkylation sites (tertiary alicyclic amines) is 1. The van der Waals surface area contributed by atoms with Gasteiger partial charge in [-0.15, -0.1) is 0 Å². The first-order valence-electron chi connectivity index (χ1n) is 9.48. The average Bonchev–Trinajstić information content (AvgIpc) is 3.29. The molecule has 25 heavy (non-hydrogen) atoms. The molecular formula is C20H27N5. The number of benzene rings is 1. The molecule has 1 aliphatic heterocycles. The largest absolute Gasteiger partial charge is 0.369 e. The molecule has 0 aliphatic carbocycles. The number of piperidine rings is 1. The number of aromatic amines is 2. The summed E-state index contributed by atoms with van der Waals surface area (Å²) >= 11 is 0. The second-order valence-corrected chi connectivity index (χ2v) is 6.95. The maximum atomic E-state index is 4.41. The summed E-state index contributed by atoms with van der Waals surface area (Å²) in [6, 6.07) is 10.4. The Kier molecular flexibility index (Phi) is 5.02. The molecule has 3 aromatic rings. The topological polar surface area (TPSA) is 59.7 Å². The number of hydrogen-bond donors (Lipinski definition) is 3. The number of hydrogen-bond acceptors (Lipinski definition) is 3. The van der Waals surface area contributed by atoms with E-state index < -0.39 is 0 Å². The number of unbranched alkanes of at least 4 members (excludes halogenated alkanes) is 1. The minimum atomic E-state index is 0.929. The van der Waals surface area contributed by atoms with Crippen LogP contribution < -0.4 is 5.32 Å². The van der Waals surface area contributed by atoms with E-state index in [1.54, 1.807) is 0 Å². The zero-order chi connectivity index (χ0) is 16.9. The molecule has 1 saturated heterocycles. The van der Waals surface area contributed by atoms with Crippen molar-refractivity contribution in [2.75, 3.05) is 31.5 Å². The second kappa shape index (κ2) is 7.74. The lowest BCUT2D eigenvalue weighted by molar-refractivity contribution is 0.225. The van der Waals surface area contributed by atoms with E-state index in [1.807, 2.05) is 12.3 Å². The molecule has 1 aliphatic rings. The summed E-state index contributed by atoms with van der Waals surface area (Å²) in [6.45, 7) is 4.80. The molecule has 0 bridgehead atoms. The molecule has 1 aromatic carbocycles. The predicted molar refractivity (Wildman–Crippen MR) is 104 cm³/mol. The molecule has 0 saturated carbocycles. The SMILES string of the molecule is c1ccc2c(-c3cc(NCCCCN4CCCCC4)n[nH]3)c[nH]c2c1. The Morgan fingerprint density at radius 3 is 2.88 bits per heavy atom. The zero-order valence-corrected chi connectivity index (χ0v) is 14.7. The van der Waals surface area contributed by atoms with Gasteiger partial charge in [-0.1, -0.05) is 24.6 Å². The lowest BCUT2D eigenvalue weighted by Crippen LogP contribution is -2.30. The van der Waals surface area contributed by atoms with Gasteiger partial charge in [0.2, 0.25) is 0 Å². The minimum absolute atomic E-state index is 0.929. The highest BCUT2D eigenvalue weighted by Crippen LogP contribution is 2.28. The molecule has 3 heterocycles. The number of rotatable bonds is 7. The Bertz CT molecular complexity index is 797. The van der Waals surface area contributed by atoms with Gasteiger partial charge in [0.15, 0.2) is 0 Å². The van der Waals surface area contributed by atoms with E-state index in [1.165, 1.54) is 62.7 Å². The maximum absolute atomic E-state index is 4.41. The van der Waals surface area contributed by atoms with Gasteiger partial charge in [0, 0.05) is 35.3 Å². The van der Waals surface area contributed by atoms with Gasteiger partial charge in [-0.2, -0.15) is 5.10 Å². The second-order valence-electron chi connectivity index (χ2n) is 6.95. The normalized spacial score (nSPS) is 15.7. The highest BCUT2D eigenvalue weighted by atomic mass is 15.2. The minimum Gasteiger partial charge on any atom is -0.369 e. The first kappa shape index (κ1) is 16.2. The van der Waals surface area contributed by atoms with Crippen molar-refractivity contribution in [2.45, 2.75) is 32.1 Å². The smallest absolute Gasteiger partial charge is 0.148 e. The van der Waals surface area contributed by atoms with Crippen LogP contribution in [0.5, 0.6) is 0 Å². The Balaban J connectivity index is 1.27. The van der Waals surface area contributed by atoms with Gasteiger partial charge in [-0.25, -0.2) is 0 Å². The first-order chi connectivity index (χ1) is 12.4. The number of anilines is 1. The number of H-pyrrole nitrogens is 2. The van der Waals surface area contributed by atoms with Crippen molar-refractivity contribution in [3.63, 3.8) is 0 Å². The number of aromatic nitrogens is 3. The Hall–Kier alpha value is -2.27. The molecule has 0 spiro atoms. The van der Waals surface area contributed by atoms with Gasteiger partial charge < -0.3 is 15.2 Å². The summed E-state index contributed by atoms with van der Waals surface area (Å²) < 4.78 is 0. The molecule has 0 amide bonds. The van der Waals surface area contributed by atoms with E-state index >= 15 is 0 Å². The van der Waals surface area contributed by atoms with Gasteiger partial charge in [-0.05, 0) is 51.4 Å². The Morgan fingerprint density at radius 1 is 1.08 bits per heavy atom. The van der Waals surface area contributed by atoms with Crippen molar-refractivity contribution in [2.24, 2.45) is 0 Å². The summed E-state index contributed by atoms with van der Waals surface area (Å²) in [5, 5.41) is 12.2. The molecule has 4 rings (SSSR count). The molecule has 2 aromatic heterocycles. The van der Waals surface area contributed by atoms with Crippen LogP contribution in [-0.2, 0) is 0 Å². The van der Waals surface area contributed by atoms with E-state index in [-0.39, 0.29) is 0 Å². The Labute approximate surface area is 148 Å². The van der Waals surface area contributed by atoms with Crippen LogP contribution in [0.4, 0.5) is 5.82 Å². The monoisotopic (exact) mass is 337 g/mol. The van der Waals surface area contributed by atoms with Crippen molar-refractivity contribution in [1.82, 2.24) is 20.1 Å². The predicted octanol–water partition coefficient (Wildman–Crippen LogP) is 4.24. The van der Waals surface area contributed by atoms with Crippen LogP contribution >= 0.6 is 0 Å². The third-order valence-corrected chi connectivity index (χ3v) is 5.11. The summed E-state index contributed by atoms with van der Waals surface area (Å²) in [4.78, 5) is 5.92. The maximum Gasteiger partial charge on any atom is 0.148 e. The van der Waals surface area contributed by atoms with Crippen molar-refractivity contribution in [1.29, 1.82) is 0 Å². The van der Waals surface area contributed by atoms with Crippen molar-refractivity contribution in [3.05, 3.63) is 36.5 Å². The fraction of sp³-hybridized carbons (Fsp3) is 0.450. The highest BCUT2D eigenvalue weighted by molar-refractivity contribution is 5.94. The number of para-hydroxylation sites is 1. The standard InChI is InChI=1S/C20H27N5/c1-5-11-25(12-6-1)13-7-4-10-21-20-14-19(23-24-20)17-15-22-18-9-3-2-8-16(17)18/h2-3,8-9,14-15,22H,1,4-7,10-13H2,(H2,21,23,24). The van der Waals surface area contributed by atoms with Crippen LogP contribution in [0.2, 0.25) is 0 Å². The van der Waals surface area contributed by atoms with Crippen LogP contribution in [0.1, 0.15) is 32.1 Å². The molecule has 0 radical (unpaired) electrons. The van der Waals surface area contributed by atoms with Crippen molar-refractivity contribution in [3.8, 4) is 11.3 Å². The summed E-state index contributed by atoms with van der Waals surface area (Å²) in [5.41, 5.74) is 3.37. The molecule has 5 heteroatoms. The Morgan fingerprint density at radius 2 is 1.96 bits per heavy atom. The van der Waals surface area contributed by atoms with Crippen LogP contribution in [0.15, 0.2) is 36.5 Å². The number of nitrogens with one attached hydrogen (secondary N) is 3. The molecule has 0 atom stereocenters. The highest BCUT2D eigenvalue weighted by Gasteiger charge is 2.10. The van der Waals surface area contributed by atoms with Gasteiger partial charge >= 0.3 is 0 Å². The van der Waals surface area contributed by atoms with E-state index in [0.29, 0.717) is 0 Å². The van der Waals surface area contributed by atoms with E-state index in [4.69, 9.17) is 0 Å². The van der Waals surface area contributed by atoms with Crippen molar-refractivity contribution >= 4 is 16.7 Å². The molecule has 0 unspecified atom stereocenters. The van der Waals surface area contributed by atoms with Crippen LogP contribution in [0, 0.1) is 0 Å². The summed E-state index contributed by atoms with van der Waals surface area (Å²) in [6.07, 6.45) is 8.65. The van der Waals surface area contributed by atoms with Crippen LogP contribution in [0.25, 0.3) is 22.2 Å². The summed E-state index contributed by atoms with van der Waals surface area (Å²) in [7, 11) is 0. The van der Waals surface area contributed by atoms with Crippen molar-refractivity contribution < 1.29 is 0 Å². The van der Waals surface area contributed by atoms with Gasteiger partial charge in [0.05, 0.1) is 5.69 Å². The third-order valence-electron chi connectivity index (χ3n) is 5.11. The molecular weight excluding hydrogens is 310 g/mol. The van der Waals surface area contributed by atoms with E-state index in [0.717, 1.165) is 23.6 Å². The van der Waals surface area contributed by atoms with E-state index in [9.17, 15) is 0 Å². The fourth-order valence-corrected chi connectivity index (χ4v) is 3.70. The molecule has 5 nitrogen and oxygen atoms in total. The fourth-order valence-electron chi connectivity index (χ4n) is 3.70. The quantitative estimate of drug-likeness (QED) is 0.565. The number of nitrogens with zero attached hydrogens (tertiary/aromatic N) is 2. The third kappa shape index (κ3) is 3.87.